The number of nitrogens with zero attached hydrogens (tertiary/aromatic N) is 2. The lowest BCUT2D eigenvalue weighted by Gasteiger charge is -2.18. The van der Waals surface area contributed by atoms with E-state index in [2.05, 4.69) is 63.5 Å². The van der Waals surface area contributed by atoms with Crippen molar-refractivity contribution in [2.45, 2.75) is 52.6 Å². The Kier molecular flexibility index (Phi) is 6.45. The van der Waals surface area contributed by atoms with Crippen molar-refractivity contribution in [2.24, 2.45) is 0 Å². The van der Waals surface area contributed by atoms with Crippen LogP contribution in [0.25, 0.3) is 0 Å². The van der Waals surface area contributed by atoms with E-state index < -0.39 is 0 Å². The molecule has 116 valence electrons. The van der Waals surface area contributed by atoms with Gasteiger partial charge in [-0.25, -0.2) is 0 Å². The van der Waals surface area contributed by atoms with Gasteiger partial charge in [-0.05, 0) is 64.6 Å². The van der Waals surface area contributed by atoms with Gasteiger partial charge in [0.15, 0.2) is 0 Å². The first-order chi connectivity index (χ1) is 10.2. The first-order valence-electron chi connectivity index (χ1n) is 7.70. The summed E-state index contributed by atoms with van der Waals surface area (Å²) in [7, 11) is 0. The number of hydrogen-bond donors (Lipinski definition) is 1. The number of aromatic nitrogens is 2. The van der Waals surface area contributed by atoms with Crippen LogP contribution >= 0.6 is 27.3 Å². The highest BCUT2D eigenvalue weighted by Crippen LogP contribution is 2.28. The summed E-state index contributed by atoms with van der Waals surface area (Å²) >= 11 is 5.52. The van der Waals surface area contributed by atoms with Crippen molar-refractivity contribution >= 4 is 27.3 Å². The largest absolute Gasteiger partial charge is 0.310 e. The van der Waals surface area contributed by atoms with Gasteiger partial charge in [0.1, 0.15) is 0 Å². The van der Waals surface area contributed by atoms with E-state index in [9.17, 15) is 0 Å². The van der Waals surface area contributed by atoms with Gasteiger partial charge in [-0.15, -0.1) is 0 Å². The predicted molar refractivity (Wildman–Crippen MR) is 94.0 cm³/mol. The van der Waals surface area contributed by atoms with Crippen molar-refractivity contribution in [3.05, 3.63) is 38.3 Å². The molecule has 21 heavy (non-hydrogen) atoms. The van der Waals surface area contributed by atoms with Crippen LogP contribution in [0, 0.1) is 0 Å². The predicted octanol–water partition coefficient (Wildman–Crippen LogP) is 4.57. The number of halogens is 1. The summed E-state index contributed by atoms with van der Waals surface area (Å²) in [5.41, 5.74) is 3.84. The van der Waals surface area contributed by atoms with Gasteiger partial charge >= 0.3 is 0 Å². The minimum absolute atomic E-state index is 0.360. The zero-order valence-corrected chi connectivity index (χ0v) is 15.4. The van der Waals surface area contributed by atoms with E-state index in [0.717, 1.165) is 38.0 Å². The van der Waals surface area contributed by atoms with Crippen molar-refractivity contribution in [3.8, 4) is 0 Å². The minimum atomic E-state index is 0.360. The van der Waals surface area contributed by atoms with E-state index in [-0.39, 0.29) is 0 Å². The Labute approximate surface area is 139 Å². The van der Waals surface area contributed by atoms with Gasteiger partial charge in [-0.2, -0.15) is 16.4 Å². The zero-order valence-electron chi connectivity index (χ0n) is 13.0. The van der Waals surface area contributed by atoms with Gasteiger partial charge in [0.25, 0.3) is 0 Å². The summed E-state index contributed by atoms with van der Waals surface area (Å²) in [6.45, 7) is 8.47. The van der Waals surface area contributed by atoms with E-state index in [1.54, 1.807) is 11.3 Å². The number of nitrogens with one attached hydrogen (secondary N) is 1. The topological polar surface area (TPSA) is 29.9 Å². The second kappa shape index (κ2) is 8.11. The molecule has 0 aliphatic heterocycles. The Morgan fingerprint density at radius 1 is 1.38 bits per heavy atom. The molecule has 0 radical (unpaired) electrons. The normalized spacial score (nSPS) is 12.8. The summed E-state index contributed by atoms with van der Waals surface area (Å²) in [5, 5.41) is 12.8. The summed E-state index contributed by atoms with van der Waals surface area (Å²) in [5.74, 6) is 0. The molecule has 0 amide bonds. The number of hydrogen-bond acceptors (Lipinski definition) is 3. The van der Waals surface area contributed by atoms with Crippen molar-refractivity contribution in [1.82, 2.24) is 15.1 Å². The number of thiophene rings is 1. The van der Waals surface area contributed by atoms with Gasteiger partial charge in [-0.1, -0.05) is 13.8 Å². The number of rotatable bonds is 8. The molecule has 1 atom stereocenters. The maximum Gasteiger partial charge on any atom is 0.0766 e. The Hall–Kier alpha value is -0.650. The quantitative estimate of drug-likeness (QED) is 0.738. The monoisotopic (exact) mass is 369 g/mol. The van der Waals surface area contributed by atoms with Crippen LogP contribution < -0.4 is 5.32 Å². The Balaban J connectivity index is 2.25. The van der Waals surface area contributed by atoms with E-state index in [4.69, 9.17) is 5.10 Å². The third-order valence-electron chi connectivity index (χ3n) is 3.68. The SMILES string of the molecule is CCCNC(Cc1c(Br)c(CC)nn1CC)c1ccsc1. The molecule has 0 aromatic carbocycles. The molecule has 3 nitrogen and oxygen atoms in total. The van der Waals surface area contributed by atoms with Crippen molar-refractivity contribution in [2.75, 3.05) is 6.54 Å². The molecule has 2 rings (SSSR count). The van der Waals surface area contributed by atoms with Gasteiger partial charge in [0.2, 0.25) is 0 Å². The Morgan fingerprint density at radius 2 is 2.19 bits per heavy atom. The second-order valence-electron chi connectivity index (χ2n) is 5.14. The smallest absolute Gasteiger partial charge is 0.0766 e. The summed E-state index contributed by atoms with van der Waals surface area (Å²) in [4.78, 5) is 0. The lowest BCUT2D eigenvalue weighted by Crippen LogP contribution is -2.25. The zero-order chi connectivity index (χ0) is 15.2. The van der Waals surface area contributed by atoms with Crippen molar-refractivity contribution < 1.29 is 0 Å². The molecule has 0 aliphatic carbocycles. The third kappa shape index (κ3) is 3.96. The summed E-state index contributed by atoms with van der Waals surface area (Å²) in [6.07, 6.45) is 3.08. The highest BCUT2D eigenvalue weighted by atomic mass is 79.9. The highest BCUT2D eigenvalue weighted by Gasteiger charge is 2.19. The molecule has 1 unspecified atom stereocenters. The Morgan fingerprint density at radius 3 is 2.76 bits per heavy atom. The van der Waals surface area contributed by atoms with Crippen molar-refractivity contribution in [3.63, 3.8) is 0 Å². The van der Waals surface area contributed by atoms with E-state index in [0.29, 0.717) is 6.04 Å². The minimum Gasteiger partial charge on any atom is -0.310 e. The number of aryl methyl sites for hydroxylation is 2. The molecule has 2 aromatic heterocycles. The van der Waals surface area contributed by atoms with Crippen LogP contribution in [0.15, 0.2) is 21.3 Å². The lowest BCUT2D eigenvalue weighted by atomic mass is 10.0. The fourth-order valence-corrected chi connectivity index (χ4v) is 3.95. The Bertz CT molecular complexity index is 548. The van der Waals surface area contributed by atoms with Gasteiger partial charge in [0.05, 0.1) is 15.9 Å². The molecule has 0 saturated heterocycles. The van der Waals surface area contributed by atoms with Crippen LogP contribution in [0.3, 0.4) is 0 Å². The maximum atomic E-state index is 4.71. The van der Waals surface area contributed by atoms with E-state index in [1.165, 1.54) is 15.7 Å². The summed E-state index contributed by atoms with van der Waals surface area (Å²) in [6, 6.07) is 2.58. The maximum absolute atomic E-state index is 4.71. The van der Waals surface area contributed by atoms with Crippen LogP contribution in [0.4, 0.5) is 0 Å². The van der Waals surface area contributed by atoms with Crippen LogP contribution in [0.5, 0.6) is 0 Å². The third-order valence-corrected chi connectivity index (χ3v) is 5.29. The van der Waals surface area contributed by atoms with E-state index in [1.807, 2.05) is 0 Å². The van der Waals surface area contributed by atoms with Crippen LogP contribution in [-0.2, 0) is 19.4 Å². The van der Waals surface area contributed by atoms with Crippen LogP contribution in [0.2, 0.25) is 0 Å². The molecule has 1 N–H and O–H groups in total. The fraction of sp³-hybridized carbons (Fsp3) is 0.562. The highest BCUT2D eigenvalue weighted by molar-refractivity contribution is 9.10. The molecule has 0 bridgehead atoms. The molecule has 5 heteroatoms. The molecule has 0 aliphatic rings. The molecule has 2 aromatic rings. The molecular weight excluding hydrogens is 346 g/mol. The first kappa shape index (κ1) is 16.7. The van der Waals surface area contributed by atoms with Gasteiger partial charge in [-0.3, -0.25) is 4.68 Å². The molecule has 2 heterocycles. The van der Waals surface area contributed by atoms with Gasteiger partial charge in [0, 0.05) is 19.0 Å². The summed E-state index contributed by atoms with van der Waals surface area (Å²) < 4.78 is 3.32. The molecule has 0 saturated carbocycles. The first-order valence-corrected chi connectivity index (χ1v) is 9.44. The fourth-order valence-electron chi connectivity index (χ4n) is 2.51. The molecular formula is C16H24BrN3S. The average Bonchev–Trinajstić information content (AvgIpc) is 3.12. The van der Waals surface area contributed by atoms with Crippen molar-refractivity contribution in [1.29, 1.82) is 0 Å². The van der Waals surface area contributed by atoms with Crippen LogP contribution in [0.1, 0.15) is 50.2 Å². The molecule has 0 spiro atoms. The van der Waals surface area contributed by atoms with Crippen LogP contribution in [-0.4, -0.2) is 16.3 Å². The second-order valence-corrected chi connectivity index (χ2v) is 6.72. The average molecular weight is 370 g/mol. The van der Waals surface area contributed by atoms with Gasteiger partial charge < -0.3 is 5.32 Å². The van der Waals surface area contributed by atoms with E-state index >= 15 is 0 Å². The molecule has 0 fully saturated rings. The lowest BCUT2D eigenvalue weighted by molar-refractivity contribution is 0.502. The standard InChI is InChI=1S/C16H24BrN3S/c1-4-8-18-14(12-7-9-21-11-12)10-15-16(17)13(5-2)19-20(15)6-3/h7,9,11,14,18H,4-6,8,10H2,1-3H3.